The van der Waals surface area contributed by atoms with E-state index in [1.165, 1.54) is 0 Å². The highest BCUT2D eigenvalue weighted by Crippen LogP contribution is 2.26. The molecule has 0 spiro atoms. The Morgan fingerprint density at radius 2 is 1.81 bits per heavy atom. The van der Waals surface area contributed by atoms with Crippen molar-refractivity contribution >= 4 is 37.4 Å². The Balaban J connectivity index is 1.75. The number of anilines is 1. The van der Waals surface area contributed by atoms with Crippen molar-refractivity contribution in [2.45, 2.75) is 43.9 Å². The molecule has 3 rings (SSSR count). The lowest BCUT2D eigenvalue weighted by atomic mass is 10.2. The summed E-state index contributed by atoms with van der Waals surface area (Å²) in [4.78, 5) is 18.8. The van der Waals surface area contributed by atoms with Gasteiger partial charge in [0.15, 0.2) is 9.84 Å². The number of nitrogens with zero attached hydrogens (tertiary/aromatic N) is 2. The molecule has 0 unspecified atom stereocenters. The van der Waals surface area contributed by atoms with Crippen molar-refractivity contribution in [2.24, 2.45) is 0 Å². The maximum atomic E-state index is 12.9. The van der Waals surface area contributed by atoms with Crippen LogP contribution in [0.5, 0.6) is 0 Å². The minimum Gasteiger partial charge on any atom is -0.306 e. The molecule has 0 aliphatic heterocycles. The van der Waals surface area contributed by atoms with E-state index in [0.717, 1.165) is 41.5 Å². The Morgan fingerprint density at radius 3 is 2.44 bits per heavy atom. The maximum absolute atomic E-state index is 12.9. The Morgan fingerprint density at radius 1 is 1.11 bits per heavy atom. The SMILES string of the molecule is O=C(CCS(=O)(=O)C1CCCC1)N(Cc1ccccn1)c1ccc(Br)cc1. The van der Waals surface area contributed by atoms with Gasteiger partial charge >= 0.3 is 0 Å². The van der Waals surface area contributed by atoms with Gasteiger partial charge in [-0.25, -0.2) is 8.42 Å². The van der Waals surface area contributed by atoms with Crippen molar-refractivity contribution in [3.8, 4) is 0 Å². The zero-order chi connectivity index (χ0) is 19.3. The third-order valence-electron chi connectivity index (χ3n) is 4.90. The van der Waals surface area contributed by atoms with Crippen LogP contribution in [0.15, 0.2) is 53.1 Å². The van der Waals surface area contributed by atoms with Gasteiger partial charge in [-0.05, 0) is 49.2 Å². The summed E-state index contributed by atoms with van der Waals surface area (Å²) < 4.78 is 25.9. The van der Waals surface area contributed by atoms with Gasteiger partial charge in [0.1, 0.15) is 0 Å². The molecule has 0 bridgehead atoms. The predicted molar refractivity (Wildman–Crippen MR) is 110 cm³/mol. The van der Waals surface area contributed by atoms with E-state index in [1.807, 2.05) is 42.5 Å². The highest BCUT2D eigenvalue weighted by Gasteiger charge is 2.29. The van der Waals surface area contributed by atoms with Crippen LogP contribution in [0.25, 0.3) is 0 Å². The largest absolute Gasteiger partial charge is 0.306 e. The lowest BCUT2D eigenvalue weighted by Crippen LogP contribution is -2.33. The molecular formula is C20H23BrN2O3S. The molecular weight excluding hydrogens is 428 g/mol. The van der Waals surface area contributed by atoms with E-state index in [1.54, 1.807) is 11.1 Å². The predicted octanol–water partition coefficient (Wildman–Crippen LogP) is 4.12. The van der Waals surface area contributed by atoms with Crippen molar-refractivity contribution < 1.29 is 13.2 Å². The summed E-state index contributed by atoms with van der Waals surface area (Å²) in [6.45, 7) is 0.310. The molecule has 0 N–H and O–H groups in total. The normalized spacial score (nSPS) is 15.0. The van der Waals surface area contributed by atoms with Crippen LogP contribution in [0.2, 0.25) is 0 Å². The molecule has 1 heterocycles. The number of sulfone groups is 1. The number of benzene rings is 1. The molecule has 1 fully saturated rings. The summed E-state index contributed by atoms with van der Waals surface area (Å²) in [7, 11) is -3.22. The van der Waals surface area contributed by atoms with Crippen molar-refractivity contribution in [2.75, 3.05) is 10.7 Å². The number of hydrogen-bond acceptors (Lipinski definition) is 4. The van der Waals surface area contributed by atoms with Gasteiger partial charge in [0, 0.05) is 22.8 Å². The molecule has 1 amide bonds. The summed E-state index contributed by atoms with van der Waals surface area (Å²) in [5, 5.41) is -0.276. The Bertz CT molecular complexity index is 864. The van der Waals surface area contributed by atoms with Gasteiger partial charge < -0.3 is 4.90 Å². The molecule has 27 heavy (non-hydrogen) atoms. The van der Waals surface area contributed by atoms with Crippen molar-refractivity contribution in [3.63, 3.8) is 0 Å². The summed E-state index contributed by atoms with van der Waals surface area (Å²) in [5.74, 6) is -0.296. The number of carbonyl (C=O) groups is 1. The fraction of sp³-hybridized carbons (Fsp3) is 0.400. The number of amides is 1. The number of hydrogen-bond donors (Lipinski definition) is 0. The van der Waals surface area contributed by atoms with E-state index < -0.39 is 9.84 Å². The van der Waals surface area contributed by atoms with Crippen LogP contribution in [-0.2, 0) is 21.2 Å². The van der Waals surface area contributed by atoms with E-state index in [2.05, 4.69) is 20.9 Å². The topological polar surface area (TPSA) is 67.3 Å². The maximum Gasteiger partial charge on any atom is 0.228 e. The highest BCUT2D eigenvalue weighted by atomic mass is 79.9. The Hall–Kier alpha value is -1.73. The molecule has 1 aliphatic carbocycles. The molecule has 1 aliphatic rings. The summed E-state index contributed by atoms with van der Waals surface area (Å²) in [6, 6.07) is 13.0. The van der Waals surface area contributed by atoms with Crippen LogP contribution < -0.4 is 4.90 Å². The molecule has 7 heteroatoms. The minimum atomic E-state index is -3.22. The van der Waals surface area contributed by atoms with Crippen molar-refractivity contribution in [3.05, 3.63) is 58.8 Å². The fourth-order valence-electron chi connectivity index (χ4n) is 3.38. The lowest BCUT2D eigenvalue weighted by Gasteiger charge is -2.23. The van der Waals surface area contributed by atoms with Gasteiger partial charge in [-0.3, -0.25) is 9.78 Å². The average Bonchev–Trinajstić information content (AvgIpc) is 3.22. The van der Waals surface area contributed by atoms with Crippen molar-refractivity contribution in [1.29, 1.82) is 0 Å². The standard InChI is InChI=1S/C20H23BrN2O3S/c21-16-8-10-18(11-9-16)23(15-17-5-3-4-13-22-17)20(24)12-14-27(25,26)19-6-1-2-7-19/h3-5,8-11,13,19H,1-2,6-7,12,14-15H2. The molecule has 5 nitrogen and oxygen atoms in total. The second-order valence-electron chi connectivity index (χ2n) is 6.80. The van der Waals surface area contributed by atoms with Crippen LogP contribution in [0, 0.1) is 0 Å². The monoisotopic (exact) mass is 450 g/mol. The minimum absolute atomic E-state index is 0.0122. The number of aromatic nitrogens is 1. The van der Waals surface area contributed by atoms with Crippen LogP contribution in [0.3, 0.4) is 0 Å². The van der Waals surface area contributed by atoms with Gasteiger partial charge in [0.05, 0.1) is 23.2 Å². The lowest BCUT2D eigenvalue weighted by molar-refractivity contribution is -0.118. The molecule has 1 aromatic carbocycles. The van der Waals surface area contributed by atoms with Crippen LogP contribution in [-0.4, -0.2) is 30.3 Å². The van der Waals surface area contributed by atoms with E-state index in [4.69, 9.17) is 0 Å². The van der Waals surface area contributed by atoms with E-state index in [-0.39, 0.29) is 23.3 Å². The molecule has 1 saturated carbocycles. The second-order valence-corrected chi connectivity index (χ2v) is 10.1. The molecule has 1 aromatic heterocycles. The van der Waals surface area contributed by atoms with Gasteiger partial charge in [-0.15, -0.1) is 0 Å². The molecule has 0 radical (unpaired) electrons. The number of rotatable bonds is 7. The average molecular weight is 451 g/mol. The van der Waals surface area contributed by atoms with Crippen LogP contribution >= 0.6 is 15.9 Å². The van der Waals surface area contributed by atoms with Gasteiger partial charge in [-0.1, -0.05) is 34.8 Å². The highest BCUT2D eigenvalue weighted by molar-refractivity contribution is 9.10. The number of carbonyl (C=O) groups excluding carboxylic acids is 1. The summed E-state index contributed by atoms with van der Waals surface area (Å²) >= 11 is 3.40. The Labute approximate surface area is 168 Å². The van der Waals surface area contributed by atoms with Crippen molar-refractivity contribution in [1.82, 2.24) is 4.98 Å². The van der Waals surface area contributed by atoms with E-state index in [0.29, 0.717) is 6.54 Å². The molecule has 2 aromatic rings. The first-order valence-electron chi connectivity index (χ1n) is 9.13. The van der Waals surface area contributed by atoms with Gasteiger partial charge in [-0.2, -0.15) is 0 Å². The number of pyridine rings is 1. The second kappa shape index (κ2) is 8.97. The zero-order valence-corrected chi connectivity index (χ0v) is 17.5. The quantitative estimate of drug-likeness (QED) is 0.635. The van der Waals surface area contributed by atoms with Gasteiger partial charge in [0.25, 0.3) is 0 Å². The fourth-order valence-corrected chi connectivity index (χ4v) is 5.49. The Kier molecular flexibility index (Phi) is 6.65. The third-order valence-corrected chi connectivity index (χ3v) is 7.69. The third kappa shape index (κ3) is 5.39. The number of halogens is 1. The zero-order valence-electron chi connectivity index (χ0n) is 15.1. The first kappa shape index (κ1) is 20.0. The molecule has 0 atom stereocenters. The first-order chi connectivity index (χ1) is 13.0. The molecule has 144 valence electrons. The summed E-state index contributed by atoms with van der Waals surface area (Å²) in [5.41, 5.74) is 1.49. The van der Waals surface area contributed by atoms with E-state index >= 15 is 0 Å². The first-order valence-corrected chi connectivity index (χ1v) is 11.6. The van der Waals surface area contributed by atoms with Crippen LogP contribution in [0.4, 0.5) is 5.69 Å². The smallest absolute Gasteiger partial charge is 0.228 e. The van der Waals surface area contributed by atoms with Gasteiger partial charge in [0.2, 0.25) is 5.91 Å². The van der Waals surface area contributed by atoms with Crippen LogP contribution in [0.1, 0.15) is 37.8 Å². The van der Waals surface area contributed by atoms with E-state index in [9.17, 15) is 13.2 Å². The molecule has 0 saturated heterocycles. The summed E-state index contributed by atoms with van der Waals surface area (Å²) in [6.07, 6.45) is 5.04.